The molecule has 2 heterocycles. The molecule has 2 aromatic carbocycles. The number of carbonyl (C=O) groups excluding carboxylic acids is 2. The van der Waals surface area contributed by atoms with E-state index in [-0.39, 0.29) is 23.9 Å². The van der Waals surface area contributed by atoms with E-state index < -0.39 is 5.97 Å². The number of fused-ring (bicyclic) bond motifs is 1. The fraction of sp³-hybridized carbons (Fsp3) is 0.357. The normalized spacial score (nSPS) is 15.1. The summed E-state index contributed by atoms with van der Waals surface area (Å²) < 4.78 is 19.2. The van der Waals surface area contributed by atoms with Crippen LogP contribution in [0.1, 0.15) is 58.4 Å². The summed E-state index contributed by atoms with van der Waals surface area (Å²) in [6, 6.07) is 16.7. The van der Waals surface area contributed by atoms with Gasteiger partial charge in [-0.05, 0) is 55.2 Å². The predicted octanol–water partition coefficient (Wildman–Crippen LogP) is 5.28. The number of rotatable bonds is 6. The average Bonchev–Trinajstić information content (AvgIpc) is 3.10. The zero-order valence-electron chi connectivity index (χ0n) is 20.4. The summed E-state index contributed by atoms with van der Waals surface area (Å²) in [5, 5.41) is 0. The van der Waals surface area contributed by atoms with Gasteiger partial charge in [0, 0.05) is 17.0 Å². The molecule has 1 aliphatic heterocycles. The van der Waals surface area contributed by atoms with E-state index in [0.29, 0.717) is 24.3 Å². The van der Waals surface area contributed by atoms with E-state index in [1.165, 1.54) is 0 Å². The molecule has 0 saturated carbocycles. The minimum absolute atomic E-state index is 0.000873. The highest BCUT2D eigenvalue weighted by Crippen LogP contribution is 2.31. The summed E-state index contributed by atoms with van der Waals surface area (Å²) in [6.07, 6.45) is -0.170. The molecule has 0 bridgehead atoms. The van der Waals surface area contributed by atoms with Gasteiger partial charge in [0.25, 0.3) is 0 Å². The van der Waals surface area contributed by atoms with Crippen molar-refractivity contribution >= 4 is 11.8 Å². The smallest absolute Gasteiger partial charge is 0.338 e. The van der Waals surface area contributed by atoms with Gasteiger partial charge in [0.1, 0.15) is 6.61 Å². The van der Waals surface area contributed by atoms with Crippen molar-refractivity contribution in [3.05, 3.63) is 82.7 Å². The second kappa shape index (κ2) is 9.37. The van der Waals surface area contributed by atoms with Crippen molar-refractivity contribution in [2.45, 2.75) is 52.7 Å². The average molecular weight is 462 g/mol. The highest BCUT2D eigenvalue weighted by Gasteiger charge is 2.24. The van der Waals surface area contributed by atoms with E-state index in [2.05, 4.69) is 20.8 Å². The zero-order chi connectivity index (χ0) is 24.5. The van der Waals surface area contributed by atoms with Crippen molar-refractivity contribution < 1.29 is 23.8 Å². The Hall–Kier alpha value is -3.54. The number of esters is 1. The predicted molar refractivity (Wildman–Crippen MR) is 130 cm³/mol. The number of ether oxygens (including phenoxy) is 3. The molecule has 6 nitrogen and oxygen atoms in total. The number of hydrogen-bond donors (Lipinski definition) is 0. The van der Waals surface area contributed by atoms with Crippen LogP contribution in [-0.2, 0) is 16.7 Å². The van der Waals surface area contributed by atoms with Crippen molar-refractivity contribution in [1.29, 1.82) is 0 Å². The van der Waals surface area contributed by atoms with Crippen LogP contribution in [0.2, 0.25) is 0 Å². The lowest BCUT2D eigenvalue weighted by Crippen LogP contribution is -2.33. The lowest BCUT2D eigenvalue weighted by atomic mass is 9.87. The van der Waals surface area contributed by atoms with Gasteiger partial charge in [0.2, 0.25) is 5.78 Å². The molecule has 6 heteroatoms. The Morgan fingerprint density at radius 2 is 1.71 bits per heavy atom. The molecule has 0 spiro atoms. The Morgan fingerprint density at radius 3 is 2.38 bits per heavy atom. The van der Waals surface area contributed by atoms with Gasteiger partial charge in [-0.2, -0.15) is 0 Å². The summed E-state index contributed by atoms with van der Waals surface area (Å²) in [6.45, 7) is 10.9. The number of carbonyl (C=O) groups is 2. The maximum atomic E-state index is 12.9. The number of para-hydroxylation sites is 2. The van der Waals surface area contributed by atoms with Crippen molar-refractivity contribution in [1.82, 2.24) is 4.57 Å². The van der Waals surface area contributed by atoms with E-state index in [1.807, 2.05) is 60.9 Å². The monoisotopic (exact) mass is 461 g/mol. The van der Waals surface area contributed by atoms with Crippen LogP contribution in [0.25, 0.3) is 0 Å². The highest BCUT2D eigenvalue weighted by atomic mass is 16.6. The van der Waals surface area contributed by atoms with Crippen LogP contribution in [0.4, 0.5) is 0 Å². The number of Topliss-reactive ketones (excluding diaryl/α,β-unsaturated/α-hetero) is 1. The highest BCUT2D eigenvalue weighted by molar-refractivity contribution is 6.00. The Labute approximate surface area is 200 Å². The third-order valence-electron chi connectivity index (χ3n) is 6.15. The van der Waals surface area contributed by atoms with Gasteiger partial charge in [0.15, 0.2) is 24.2 Å². The lowest BCUT2D eigenvalue weighted by molar-refractivity contribution is 0.0474. The van der Waals surface area contributed by atoms with Crippen LogP contribution in [0.5, 0.6) is 11.5 Å². The molecule has 1 unspecified atom stereocenters. The van der Waals surface area contributed by atoms with Crippen LogP contribution < -0.4 is 9.47 Å². The first-order valence-corrected chi connectivity index (χ1v) is 11.5. The molecule has 0 radical (unpaired) electrons. The van der Waals surface area contributed by atoms with Crippen LogP contribution in [-0.4, -0.2) is 35.6 Å². The maximum Gasteiger partial charge on any atom is 0.338 e. The van der Waals surface area contributed by atoms with E-state index >= 15 is 0 Å². The fourth-order valence-electron chi connectivity index (χ4n) is 4.12. The van der Waals surface area contributed by atoms with Crippen LogP contribution in [0.15, 0.2) is 54.6 Å². The van der Waals surface area contributed by atoms with Gasteiger partial charge < -0.3 is 18.8 Å². The number of benzene rings is 2. The minimum atomic E-state index is -0.506. The Balaban J connectivity index is 1.39. The fourth-order valence-corrected chi connectivity index (χ4v) is 4.12. The Kier molecular flexibility index (Phi) is 6.51. The summed E-state index contributed by atoms with van der Waals surface area (Å²) in [5.74, 6) is 0.726. The van der Waals surface area contributed by atoms with Crippen molar-refractivity contribution in [2.75, 3.05) is 13.2 Å². The second-order valence-corrected chi connectivity index (χ2v) is 9.72. The summed E-state index contributed by atoms with van der Waals surface area (Å²) in [4.78, 5) is 25.3. The number of nitrogens with zero attached hydrogens (tertiary/aromatic N) is 1. The standard InChI is InChI=1S/C28H31NO5/c1-18-14-23(19(2)29(18)15-22-16-32-25-8-6-7-9-26(25)34-22)24(30)17-33-27(31)20-10-12-21(13-11-20)28(3,4)5/h6-14,22H,15-17H2,1-5H3. The molecule has 1 aliphatic rings. The van der Waals surface area contributed by atoms with Crippen molar-refractivity contribution in [2.24, 2.45) is 0 Å². The number of aryl methyl sites for hydroxylation is 1. The van der Waals surface area contributed by atoms with Gasteiger partial charge in [-0.25, -0.2) is 4.79 Å². The van der Waals surface area contributed by atoms with Crippen LogP contribution in [0.3, 0.4) is 0 Å². The third kappa shape index (κ3) is 5.01. The molecule has 3 aromatic rings. The van der Waals surface area contributed by atoms with Gasteiger partial charge in [-0.1, -0.05) is 45.0 Å². The van der Waals surface area contributed by atoms with E-state index in [9.17, 15) is 9.59 Å². The number of aromatic nitrogens is 1. The lowest BCUT2D eigenvalue weighted by Gasteiger charge is -2.27. The topological polar surface area (TPSA) is 66.8 Å². The first kappa shape index (κ1) is 23.6. The van der Waals surface area contributed by atoms with E-state index in [1.54, 1.807) is 12.1 Å². The molecule has 0 N–H and O–H groups in total. The number of hydrogen-bond acceptors (Lipinski definition) is 5. The largest absolute Gasteiger partial charge is 0.486 e. The molecule has 4 rings (SSSR count). The summed E-state index contributed by atoms with van der Waals surface area (Å²) >= 11 is 0. The molecule has 1 aromatic heterocycles. The molecule has 34 heavy (non-hydrogen) atoms. The third-order valence-corrected chi connectivity index (χ3v) is 6.15. The van der Waals surface area contributed by atoms with Crippen LogP contribution >= 0.6 is 0 Å². The molecule has 0 saturated heterocycles. The molecular weight excluding hydrogens is 430 g/mol. The van der Waals surface area contributed by atoms with Gasteiger partial charge >= 0.3 is 5.97 Å². The number of ketones is 1. The summed E-state index contributed by atoms with van der Waals surface area (Å²) in [5.41, 5.74) is 3.86. The minimum Gasteiger partial charge on any atom is -0.486 e. The van der Waals surface area contributed by atoms with Crippen LogP contribution in [0, 0.1) is 13.8 Å². The van der Waals surface area contributed by atoms with Gasteiger partial charge in [0.05, 0.1) is 12.1 Å². The molecule has 0 amide bonds. The first-order chi connectivity index (χ1) is 16.1. The molecular formula is C28H31NO5. The second-order valence-electron chi connectivity index (χ2n) is 9.72. The zero-order valence-corrected chi connectivity index (χ0v) is 20.4. The molecule has 178 valence electrons. The maximum absolute atomic E-state index is 12.9. The SMILES string of the molecule is Cc1cc(C(=O)COC(=O)c2ccc(C(C)(C)C)cc2)c(C)n1CC1COc2ccccc2O1. The quantitative estimate of drug-likeness (QED) is 0.369. The Bertz CT molecular complexity index is 1200. The first-order valence-electron chi connectivity index (χ1n) is 11.5. The molecule has 1 atom stereocenters. The molecule has 0 aliphatic carbocycles. The summed E-state index contributed by atoms with van der Waals surface area (Å²) in [7, 11) is 0. The van der Waals surface area contributed by atoms with Gasteiger partial charge in [-0.15, -0.1) is 0 Å². The van der Waals surface area contributed by atoms with E-state index in [4.69, 9.17) is 14.2 Å². The molecule has 0 fully saturated rings. The van der Waals surface area contributed by atoms with Crippen molar-refractivity contribution in [3.8, 4) is 11.5 Å². The Morgan fingerprint density at radius 1 is 1.03 bits per heavy atom. The van der Waals surface area contributed by atoms with Gasteiger partial charge in [-0.3, -0.25) is 4.79 Å². The van der Waals surface area contributed by atoms with Crippen molar-refractivity contribution in [3.63, 3.8) is 0 Å². The van der Waals surface area contributed by atoms with E-state index in [0.717, 1.165) is 28.5 Å².